The maximum absolute atomic E-state index is 12.5. The van der Waals surface area contributed by atoms with Gasteiger partial charge in [0.1, 0.15) is 6.04 Å². The van der Waals surface area contributed by atoms with Crippen molar-refractivity contribution in [3.05, 3.63) is 70.1 Å². The van der Waals surface area contributed by atoms with E-state index in [4.69, 9.17) is 0 Å². The van der Waals surface area contributed by atoms with Crippen LogP contribution in [0.4, 0.5) is 5.69 Å². The molecule has 0 aliphatic rings. The molecule has 0 bridgehead atoms. The molecule has 0 fully saturated rings. The Bertz CT molecular complexity index is 976. The number of nitrogens with one attached hydrogen (secondary N) is 1. The van der Waals surface area contributed by atoms with Crippen LogP contribution in [0.5, 0.6) is 0 Å². The highest BCUT2D eigenvalue weighted by Crippen LogP contribution is 2.16. The van der Waals surface area contributed by atoms with E-state index < -0.39 is 6.04 Å². The molecule has 1 heterocycles. The number of nitrogens with zero attached hydrogens (tertiary/aromatic N) is 2. The lowest BCUT2D eigenvalue weighted by Gasteiger charge is -2.15. The number of amides is 1. The second-order valence-corrected chi connectivity index (χ2v) is 5.95. The number of anilines is 1. The summed E-state index contributed by atoms with van der Waals surface area (Å²) in [6.45, 7) is 5.67. The van der Waals surface area contributed by atoms with Crippen LogP contribution in [-0.4, -0.2) is 15.7 Å². The second-order valence-electron chi connectivity index (χ2n) is 5.95. The van der Waals surface area contributed by atoms with Gasteiger partial charge in [0, 0.05) is 11.1 Å². The van der Waals surface area contributed by atoms with E-state index in [1.54, 1.807) is 25.3 Å². The predicted octanol–water partition coefficient (Wildman–Crippen LogP) is 3.21. The first kappa shape index (κ1) is 15.9. The lowest BCUT2D eigenvalue weighted by atomic mass is 10.1. The zero-order valence-corrected chi connectivity index (χ0v) is 13.9. The number of aromatic nitrogens is 2. The number of aryl methyl sites for hydroxylation is 2. The molecule has 2 aromatic carbocycles. The Morgan fingerprint density at radius 1 is 1.12 bits per heavy atom. The summed E-state index contributed by atoms with van der Waals surface area (Å²) in [5.41, 5.74) is 2.70. The van der Waals surface area contributed by atoms with E-state index in [9.17, 15) is 9.59 Å². The first-order valence-corrected chi connectivity index (χ1v) is 7.82. The highest BCUT2D eigenvalue weighted by atomic mass is 16.2. The van der Waals surface area contributed by atoms with Crippen molar-refractivity contribution < 1.29 is 4.79 Å². The van der Waals surface area contributed by atoms with Gasteiger partial charge < -0.3 is 5.32 Å². The van der Waals surface area contributed by atoms with E-state index >= 15 is 0 Å². The second kappa shape index (κ2) is 6.28. The maximum Gasteiger partial charge on any atom is 0.275 e. The Balaban J connectivity index is 1.89. The molecule has 1 amide bonds. The van der Waals surface area contributed by atoms with E-state index in [2.05, 4.69) is 10.4 Å². The average molecular weight is 321 g/mol. The number of hydrogen-bond acceptors (Lipinski definition) is 3. The Hall–Kier alpha value is -2.95. The van der Waals surface area contributed by atoms with Crippen LogP contribution < -0.4 is 10.9 Å². The molecule has 5 nitrogen and oxygen atoms in total. The van der Waals surface area contributed by atoms with Gasteiger partial charge in [-0.2, -0.15) is 5.10 Å². The molecule has 1 aromatic heterocycles. The summed E-state index contributed by atoms with van der Waals surface area (Å²) in [6.07, 6.45) is 1.61. The Morgan fingerprint density at radius 2 is 1.88 bits per heavy atom. The zero-order valence-electron chi connectivity index (χ0n) is 13.9. The van der Waals surface area contributed by atoms with Gasteiger partial charge in [0.2, 0.25) is 5.91 Å². The molecule has 1 N–H and O–H groups in total. The summed E-state index contributed by atoms with van der Waals surface area (Å²) < 4.78 is 1.22. The Kier molecular flexibility index (Phi) is 4.16. The molecule has 122 valence electrons. The maximum atomic E-state index is 12.5. The van der Waals surface area contributed by atoms with E-state index in [1.807, 2.05) is 44.2 Å². The number of carbonyl (C=O) groups is 1. The molecule has 3 rings (SSSR count). The van der Waals surface area contributed by atoms with Crippen molar-refractivity contribution in [2.75, 3.05) is 5.32 Å². The van der Waals surface area contributed by atoms with Gasteiger partial charge in [-0.25, -0.2) is 4.68 Å². The fraction of sp³-hybridized carbons (Fsp3) is 0.211. The molecule has 0 spiro atoms. The molecule has 5 heteroatoms. The van der Waals surface area contributed by atoms with Crippen LogP contribution in [0.25, 0.3) is 10.8 Å². The number of carbonyl (C=O) groups excluding carboxylic acids is 1. The third kappa shape index (κ3) is 2.93. The summed E-state index contributed by atoms with van der Waals surface area (Å²) in [6, 6.07) is 12.2. The fourth-order valence-electron chi connectivity index (χ4n) is 2.56. The minimum absolute atomic E-state index is 0.268. The molecule has 0 saturated heterocycles. The average Bonchev–Trinajstić information content (AvgIpc) is 2.58. The summed E-state index contributed by atoms with van der Waals surface area (Å²) in [5.74, 6) is -0.275. The minimum atomic E-state index is -0.705. The van der Waals surface area contributed by atoms with Gasteiger partial charge >= 0.3 is 0 Å². The highest BCUT2D eigenvalue weighted by molar-refractivity contribution is 5.93. The summed E-state index contributed by atoms with van der Waals surface area (Å²) >= 11 is 0. The van der Waals surface area contributed by atoms with Crippen molar-refractivity contribution in [2.24, 2.45) is 0 Å². The number of hydrogen-bond donors (Lipinski definition) is 1. The predicted molar refractivity (Wildman–Crippen MR) is 95.3 cm³/mol. The van der Waals surface area contributed by atoms with Crippen LogP contribution in [0.15, 0.2) is 53.5 Å². The van der Waals surface area contributed by atoms with Crippen LogP contribution in [0.1, 0.15) is 24.1 Å². The molecule has 0 aliphatic heterocycles. The molecule has 24 heavy (non-hydrogen) atoms. The van der Waals surface area contributed by atoms with Crippen molar-refractivity contribution in [3.8, 4) is 0 Å². The zero-order chi connectivity index (χ0) is 17.3. The van der Waals surface area contributed by atoms with Gasteiger partial charge in [-0.1, -0.05) is 24.3 Å². The summed E-state index contributed by atoms with van der Waals surface area (Å²) in [5, 5.41) is 8.31. The van der Waals surface area contributed by atoms with Crippen molar-refractivity contribution >= 4 is 22.4 Å². The van der Waals surface area contributed by atoms with Gasteiger partial charge in [0.25, 0.3) is 5.56 Å². The molecular weight excluding hydrogens is 302 g/mol. The van der Waals surface area contributed by atoms with Crippen LogP contribution >= 0.6 is 0 Å². The van der Waals surface area contributed by atoms with E-state index in [1.165, 1.54) is 4.68 Å². The van der Waals surface area contributed by atoms with E-state index in [0.29, 0.717) is 11.1 Å². The SMILES string of the molecule is Cc1ccc(NC(=O)C(C)n2ncc3ccccc3c2=O)cc1C. The molecule has 0 saturated carbocycles. The molecule has 1 atom stereocenters. The summed E-state index contributed by atoms with van der Waals surface area (Å²) in [4.78, 5) is 25.0. The number of benzene rings is 2. The third-order valence-corrected chi connectivity index (χ3v) is 4.24. The smallest absolute Gasteiger partial charge is 0.275 e. The lowest BCUT2D eigenvalue weighted by Crippen LogP contribution is -2.33. The van der Waals surface area contributed by atoms with Crippen molar-refractivity contribution in [1.82, 2.24) is 9.78 Å². The van der Waals surface area contributed by atoms with Crippen LogP contribution in [0.3, 0.4) is 0 Å². The molecule has 1 unspecified atom stereocenters. The first-order valence-electron chi connectivity index (χ1n) is 7.82. The third-order valence-electron chi connectivity index (χ3n) is 4.24. The van der Waals surface area contributed by atoms with Gasteiger partial charge in [0.05, 0.1) is 11.6 Å². The van der Waals surface area contributed by atoms with Crippen molar-refractivity contribution in [1.29, 1.82) is 0 Å². The molecule has 0 radical (unpaired) electrons. The van der Waals surface area contributed by atoms with Crippen LogP contribution in [-0.2, 0) is 4.79 Å². The number of rotatable bonds is 3. The molecule has 0 aliphatic carbocycles. The largest absolute Gasteiger partial charge is 0.324 e. The van der Waals surface area contributed by atoms with Gasteiger partial charge in [-0.05, 0) is 50.1 Å². The highest BCUT2D eigenvalue weighted by Gasteiger charge is 2.18. The van der Waals surface area contributed by atoms with Crippen LogP contribution in [0, 0.1) is 13.8 Å². The quantitative estimate of drug-likeness (QED) is 0.805. The lowest BCUT2D eigenvalue weighted by molar-refractivity contribution is -0.119. The Morgan fingerprint density at radius 3 is 2.62 bits per heavy atom. The van der Waals surface area contributed by atoms with Gasteiger partial charge in [-0.3, -0.25) is 9.59 Å². The van der Waals surface area contributed by atoms with Crippen molar-refractivity contribution in [3.63, 3.8) is 0 Å². The monoisotopic (exact) mass is 321 g/mol. The fourth-order valence-corrected chi connectivity index (χ4v) is 2.56. The van der Waals surface area contributed by atoms with Gasteiger partial charge in [0.15, 0.2) is 0 Å². The molecular formula is C19H19N3O2. The van der Waals surface area contributed by atoms with Crippen LogP contribution in [0.2, 0.25) is 0 Å². The topological polar surface area (TPSA) is 64.0 Å². The number of fused-ring (bicyclic) bond motifs is 1. The first-order chi connectivity index (χ1) is 11.5. The molecule has 3 aromatic rings. The van der Waals surface area contributed by atoms with E-state index in [0.717, 1.165) is 16.5 Å². The van der Waals surface area contributed by atoms with Crippen molar-refractivity contribution in [2.45, 2.75) is 26.8 Å². The normalized spacial score (nSPS) is 12.1. The van der Waals surface area contributed by atoms with E-state index in [-0.39, 0.29) is 11.5 Å². The Labute approximate surface area is 139 Å². The van der Waals surface area contributed by atoms with Gasteiger partial charge in [-0.15, -0.1) is 0 Å². The standard InChI is InChI=1S/C19H19N3O2/c1-12-8-9-16(10-13(12)2)21-18(23)14(3)22-19(24)17-7-5-4-6-15(17)11-20-22/h4-11,14H,1-3H3,(H,21,23). The summed E-state index contributed by atoms with van der Waals surface area (Å²) in [7, 11) is 0. The minimum Gasteiger partial charge on any atom is -0.324 e.